The van der Waals surface area contributed by atoms with E-state index in [-0.39, 0.29) is 18.0 Å². The number of nitrogens with zero attached hydrogens (tertiary/aromatic N) is 2. The Balaban J connectivity index is 1.53. The van der Waals surface area contributed by atoms with Crippen LogP contribution in [0.1, 0.15) is 23.7 Å². The first-order valence-corrected chi connectivity index (χ1v) is 10.1. The lowest BCUT2D eigenvalue weighted by molar-refractivity contribution is -0.0213. The summed E-state index contributed by atoms with van der Waals surface area (Å²) in [6, 6.07) is 14.9. The van der Waals surface area contributed by atoms with Gasteiger partial charge < -0.3 is 14.0 Å². The predicted octanol–water partition coefficient (Wildman–Crippen LogP) is 4.25. The molecule has 1 aliphatic carbocycles. The van der Waals surface area contributed by atoms with Gasteiger partial charge in [-0.15, -0.1) is 0 Å². The Hall–Kier alpha value is -2.70. The molecular formula is C23H23FN2O3. The summed E-state index contributed by atoms with van der Waals surface area (Å²) >= 11 is 0. The molecule has 29 heavy (non-hydrogen) atoms. The van der Waals surface area contributed by atoms with E-state index in [1.54, 1.807) is 18.3 Å². The van der Waals surface area contributed by atoms with E-state index in [4.69, 9.17) is 14.0 Å². The van der Waals surface area contributed by atoms with E-state index in [9.17, 15) is 4.39 Å². The summed E-state index contributed by atoms with van der Waals surface area (Å²) in [5.74, 6) is 0.757. The molecule has 1 aliphatic heterocycles. The zero-order valence-corrected chi connectivity index (χ0v) is 16.1. The summed E-state index contributed by atoms with van der Waals surface area (Å²) in [5, 5.41) is 3.77. The maximum absolute atomic E-state index is 14.0. The van der Waals surface area contributed by atoms with Gasteiger partial charge in [0.05, 0.1) is 31.0 Å². The quantitative estimate of drug-likeness (QED) is 0.662. The molecule has 3 aromatic rings. The van der Waals surface area contributed by atoms with Crippen molar-refractivity contribution in [2.24, 2.45) is 0 Å². The first-order valence-electron chi connectivity index (χ1n) is 10.1. The van der Waals surface area contributed by atoms with Crippen LogP contribution in [0.5, 0.6) is 5.75 Å². The molecule has 0 radical (unpaired) electrons. The van der Waals surface area contributed by atoms with Crippen LogP contribution in [0, 0.1) is 5.82 Å². The number of halogens is 1. The van der Waals surface area contributed by atoms with Gasteiger partial charge in [-0.25, -0.2) is 4.39 Å². The summed E-state index contributed by atoms with van der Waals surface area (Å²) in [7, 11) is 0. The molecule has 2 unspecified atom stereocenters. The topological polar surface area (TPSA) is 47.7 Å². The van der Waals surface area contributed by atoms with Gasteiger partial charge in [-0.2, -0.15) is 0 Å². The third-order valence-electron chi connectivity index (χ3n) is 5.83. The molecule has 1 aromatic heterocycles. The molecule has 2 heterocycles. The monoisotopic (exact) mass is 394 g/mol. The summed E-state index contributed by atoms with van der Waals surface area (Å²) in [5.41, 5.74) is 3.08. The summed E-state index contributed by atoms with van der Waals surface area (Å²) < 4.78 is 31.4. The molecule has 0 spiro atoms. The molecular weight excluding hydrogens is 371 g/mol. The van der Waals surface area contributed by atoms with E-state index in [1.807, 2.05) is 0 Å². The fraction of sp³-hybridized carbons (Fsp3) is 0.348. The van der Waals surface area contributed by atoms with Crippen LogP contribution in [-0.4, -0.2) is 42.4 Å². The normalized spacial score (nSPS) is 22.2. The maximum atomic E-state index is 14.0. The van der Waals surface area contributed by atoms with Crippen molar-refractivity contribution in [3.05, 3.63) is 71.7 Å². The van der Waals surface area contributed by atoms with Gasteiger partial charge in [0, 0.05) is 19.2 Å². The lowest BCUT2D eigenvalue weighted by Gasteiger charge is -2.42. The summed E-state index contributed by atoms with van der Waals surface area (Å²) in [6.45, 7) is 3.27. The van der Waals surface area contributed by atoms with Crippen molar-refractivity contribution in [3.8, 4) is 17.1 Å². The second-order valence-electron chi connectivity index (χ2n) is 7.51. The van der Waals surface area contributed by atoms with Crippen molar-refractivity contribution < 1.29 is 18.4 Å². The summed E-state index contributed by atoms with van der Waals surface area (Å²) in [6.07, 6.45) is 3.44. The molecule has 1 saturated heterocycles. The molecule has 150 valence electrons. The Morgan fingerprint density at radius 3 is 2.76 bits per heavy atom. The van der Waals surface area contributed by atoms with Crippen LogP contribution in [0.15, 0.2) is 59.3 Å². The van der Waals surface area contributed by atoms with E-state index >= 15 is 0 Å². The SMILES string of the molecule is Fc1ccc(OC2c3ccccc3CCC2N2CCOCC2)c(-c2ccno2)c1. The van der Waals surface area contributed by atoms with Crippen molar-refractivity contribution in [2.75, 3.05) is 26.3 Å². The number of aryl methyl sites for hydroxylation is 1. The second kappa shape index (κ2) is 7.97. The zero-order chi connectivity index (χ0) is 19.6. The highest BCUT2D eigenvalue weighted by atomic mass is 19.1. The van der Waals surface area contributed by atoms with E-state index in [0.717, 1.165) is 39.1 Å². The van der Waals surface area contributed by atoms with Crippen molar-refractivity contribution in [3.63, 3.8) is 0 Å². The van der Waals surface area contributed by atoms with Gasteiger partial charge in [-0.1, -0.05) is 29.4 Å². The third-order valence-corrected chi connectivity index (χ3v) is 5.83. The van der Waals surface area contributed by atoms with Crippen molar-refractivity contribution in [1.29, 1.82) is 0 Å². The van der Waals surface area contributed by atoms with Crippen LogP contribution < -0.4 is 4.74 Å². The van der Waals surface area contributed by atoms with Crippen LogP contribution in [-0.2, 0) is 11.2 Å². The zero-order valence-electron chi connectivity index (χ0n) is 16.1. The van der Waals surface area contributed by atoms with E-state index in [1.165, 1.54) is 23.3 Å². The van der Waals surface area contributed by atoms with Gasteiger partial charge in [0.25, 0.3) is 0 Å². The number of morpholine rings is 1. The predicted molar refractivity (Wildman–Crippen MR) is 106 cm³/mol. The van der Waals surface area contributed by atoms with Gasteiger partial charge in [0.1, 0.15) is 17.7 Å². The smallest absolute Gasteiger partial charge is 0.170 e. The van der Waals surface area contributed by atoms with Gasteiger partial charge in [-0.05, 0) is 42.2 Å². The lowest BCUT2D eigenvalue weighted by Crippen LogP contribution is -2.49. The van der Waals surface area contributed by atoms with Crippen LogP contribution in [0.4, 0.5) is 4.39 Å². The van der Waals surface area contributed by atoms with Crippen LogP contribution in [0.2, 0.25) is 0 Å². The number of rotatable bonds is 4. The average Bonchev–Trinajstić information content (AvgIpc) is 3.30. The van der Waals surface area contributed by atoms with Crippen LogP contribution in [0.3, 0.4) is 0 Å². The van der Waals surface area contributed by atoms with Gasteiger partial charge in [0.2, 0.25) is 0 Å². The Kier molecular flexibility index (Phi) is 5.04. The molecule has 0 N–H and O–H groups in total. The number of aromatic nitrogens is 1. The minimum Gasteiger partial charge on any atom is -0.483 e. The van der Waals surface area contributed by atoms with Crippen molar-refractivity contribution in [1.82, 2.24) is 10.1 Å². The largest absolute Gasteiger partial charge is 0.483 e. The second-order valence-corrected chi connectivity index (χ2v) is 7.51. The van der Waals surface area contributed by atoms with Crippen molar-refractivity contribution in [2.45, 2.75) is 25.0 Å². The van der Waals surface area contributed by atoms with Gasteiger partial charge >= 0.3 is 0 Å². The minimum atomic E-state index is -0.336. The molecule has 0 amide bonds. The van der Waals surface area contributed by atoms with E-state index < -0.39 is 0 Å². The van der Waals surface area contributed by atoms with Crippen LogP contribution >= 0.6 is 0 Å². The molecule has 0 bridgehead atoms. The minimum absolute atomic E-state index is 0.148. The van der Waals surface area contributed by atoms with Gasteiger partial charge in [0.15, 0.2) is 5.76 Å². The maximum Gasteiger partial charge on any atom is 0.170 e. The number of fused-ring (bicyclic) bond motifs is 1. The Morgan fingerprint density at radius 1 is 1.07 bits per heavy atom. The highest BCUT2D eigenvalue weighted by molar-refractivity contribution is 5.65. The van der Waals surface area contributed by atoms with E-state index in [2.05, 4.69) is 34.3 Å². The highest BCUT2D eigenvalue weighted by Gasteiger charge is 2.36. The fourth-order valence-electron chi connectivity index (χ4n) is 4.42. The summed E-state index contributed by atoms with van der Waals surface area (Å²) in [4.78, 5) is 2.46. The Morgan fingerprint density at radius 2 is 1.93 bits per heavy atom. The number of hydrogen-bond acceptors (Lipinski definition) is 5. The number of ether oxygens (including phenoxy) is 2. The first-order chi connectivity index (χ1) is 14.3. The molecule has 5 rings (SSSR count). The molecule has 1 fully saturated rings. The van der Waals surface area contributed by atoms with Crippen LogP contribution in [0.25, 0.3) is 11.3 Å². The number of hydrogen-bond donors (Lipinski definition) is 0. The molecule has 2 aliphatic rings. The molecule has 0 saturated carbocycles. The molecule has 6 heteroatoms. The Bertz CT molecular complexity index is 970. The average molecular weight is 394 g/mol. The standard InChI is InChI=1S/C23H23FN2O3/c24-17-6-8-21(19(15-17)22-9-10-25-29-22)28-23-18-4-2-1-3-16(18)5-7-20(23)26-11-13-27-14-12-26/h1-4,6,8-10,15,20,23H,5,7,11-14H2. The van der Waals surface area contributed by atoms with Gasteiger partial charge in [-0.3, -0.25) is 4.90 Å². The number of benzene rings is 2. The van der Waals surface area contributed by atoms with Crippen molar-refractivity contribution >= 4 is 0 Å². The molecule has 2 aromatic carbocycles. The third kappa shape index (κ3) is 3.66. The molecule has 2 atom stereocenters. The fourth-order valence-corrected chi connectivity index (χ4v) is 4.42. The highest BCUT2D eigenvalue weighted by Crippen LogP contribution is 2.40. The lowest BCUT2D eigenvalue weighted by atomic mass is 9.84. The first kappa shape index (κ1) is 18.3. The molecule has 5 nitrogen and oxygen atoms in total. The van der Waals surface area contributed by atoms with E-state index in [0.29, 0.717) is 17.1 Å². The Labute approximate surface area is 169 Å².